The van der Waals surface area contributed by atoms with Crippen LogP contribution in [-0.4, -0.2) is 16.9 Å². The highest BCUT2D eigenvalue weighted by Crippen LogP contribution is 2.23. The van der Waals surface area contributed by atoms with Crippen molar-refractivity contribution < 1.29 is 4.42 Å². The Bertz CT molecular complexity index is 707. The number of nitrogens with two attached hydrogens (primary N) is 1. The van der Waals surface area contributed by atoms with Gasteiger partial charge in [0.1, 0.15) is 5.76 Å². The van der Waals surface area contributed by atoms with Crippen LogP contribution in [0.25, 0.3) is 10.9 Å². The number of aromatic nitrogens is 1. The molecule has 0 aliphatic rings. The van der Waals surface area contributed by atoms with E-state index in [2.05, 4.69) is 16.9 Å². The molecule has 0 amide bonds. The molecule has 4 nitrogen and oxygen atoms in total. The molecule has 0 aliphatic heterocycles. The van der Waals surface area contributed by atoms with E-state index < -0.39 is 0 Å². The van der Waals surface area contributed by atoms with Crippen LogP contribution in [0.2, 0.25) is 0 Å². The van der Waals surface area contributed by atoms with Gasteiger partial charge >= 0.3 is 0 Å². The minimum Gasteiger partial charge on any atom is -0.468 e. The SMILES string of the molecule is CN(Cc1ccco1)Cc1ccc(N)c2cccnc12. The second-order valence-corrected chi connectivity index (χ2v) is 4.97. The number of benzene rings is 1. The first kappa shape index (κ1) is 12.7. The summed E-state index contributed by atoms with van der Waals surface area (Å²) in [5.41, 5.74) is 8.91. The molecule has 1 aromatic carbocycles. The number of fused-ring (bicyclic) bond motifs is 1. The molecule has 3 aromatic rings. The fourth-order valence-electron chi connectivity index (χ4n) is 2.40. The van der Waals surface area contributed by atoms with E-state index in [9.17, 15) is 0 Å². The van der Waals surface area contributed by atoms with E-state index in [4.69, 9.17) is 10.2 Å². The number of furan rings is 1. The molecule has 0 radical (unpaired) electrons. The van der Waals surface area contributed by atoms with Crippen molar-refractivity contribution in [2.24, 2.45) is 0 Å². The van der Waals surface area contributed by atoms with Crippen molar-refractivity contribution in [1.82, 2.24) is 9.88 Å². The van der Waals surface area contributed by atoms with Crippen molar-refractivity contribution in [3.05, 3.63) is 60.2 Å². The molecule has 4 heteroatoms. The maximum Gasteiger partial charge on any atom is 0.117 e. The molecule has 0 spiro atoms. The smallest absolute Gasteiger partial charge is 0.117 e. The first-order chi connectivity index (χ1) is 9.74. The van der Waals surface area contributed by atoms with Crippen LogP contribution in [-0.2, 0) is 13.1 Å². The summed E-state index contributed by atoms with van der Waals surface area (Å²) in [4.78, 5) is 6.65. The molecule has 0 saturated heterocycles. The predicted octanol–water partition coefficient (Wildman–Crippen LogP) is 3.04. The number of hydrogen-bond acceptors (Lipinski definition) is 4. The lowest BCUT2D eigenvalue weighted by Crippen LogP contribution is -2.17. The Morgan fingerprint density at radius 1 is 1.15 bits per heavy atom. The standard InChI is InChI=1S/C16H17N3O/c1-19(11-13-4-3-9-20-13)10-12-6-7-15(17)14-5-2-8-18-16(12)14/h2-9H,10-11,17H2,1H3. The van der Waals surface area contributed by atoms with Gasteiger partial charge in [-0.05, 0) is 42.9 Å². The number of pyridine rings is 1. The Hall–Kier alpha value is -2.33. The molecule has 0 unspecified atom stereocenters. The lowest BCUT2D eigenvalue weighted by molar-refractivity contribution is 0.288. The number of nitrogen functional groups attached to an aromatic ring is 1. The molecule has 0 saturated carbocycles. The first-order valence-corrected chi connectivity index (χ1v) is 6.57. The van der Waals surface area contributed by atoms with Crippen molar-refractivity contribution in [2.45, 2.75) is 13.1 Å². The van der Waals surface area contributed by atoms with Crippen LogP contribution in [0.1, 0.15) is 11.3 Å². The molecular formula is C16H17N3O. The van der Waals surface area contributed by atoms with Gasteiger partial charge in [0.25, 0.3) is 0 Å². The number of rotatable bonds is 4. The van der Waals surface area contributed by atoms with Crippen molar-refractivity contribution >= 4 is 16.6 Å². The fraction of sp³-hybridized carbons (Fsp3) is 0.188. The monoisotopic (exact) mass is 267 g/mol. The predicted molar refractivity (Wildman–Crippen MR) is 80.0 cm³/mol. The lowest BCUT2D eigenvalue weighted by atomic mass is 10.1. The molecule has 3 rings (SSSR count). The van der Waals surface area contributed by atoms with Gasteiger partial charge in [-0.25, -0.2) is 0 Å². The number of anilines is 1. The second kappa shape index (κ2) is 5.35. The summed E-state index contributed by atoms with van der Waals surface area (Å²) in [5, 5.41) is 1.01. The average molecular weight is 267 g/mol. The van der Waals surface area contributed by atoms with Crippen molar-refractivity contribution in [1.29, 1.82) is 0 Å². The van der Waals surface area contributed by atoms with Crippen LogP contribution in [0.4, 0.5) is 5.69 Å². The third-order valence-corrected chi connectivity index (χ3v) is 3.33. The van der Waals surface area contributed by atoms with Gasteiger partial charge in [0.2, 0.25) is 0 Å². The number of hydrogen-bond donors (Lipinski definition) is 1. The van der Waals surface area contributed by atoms with Gasteiger partial charge in [0, 0.05) is 23.8 Å². The Morgan fingerprint density at radius 3 is 2.85 bits per heavy atom. The van der Waals surface area contributed by atoms with E-state index in [-0.39, 0.29) is 0 Å². The molecule has 0 atom stereocenters. The molecule has 2 N–H and O–H groups in total. The van der Waals surface area contributed by atoms with Crippen molar-refractivity contribution in [3.63, 3.8) is 0 Å². The summed E-state index contributed by atoms with van der Waals surface area (Å²) < 4.78 is 5.37. The van der Waals surface area contributed by atoms with Crippen LogP contribution in [0.3, 0.4) is 0 Å². The van der Waals surface area contributed by atoms with Gasteiger partial charge in [-0.1, -0.05) is 6.07 Å². The molecule has 0 bridgehead atoms. The van der Waals surface area contributed by atoms with Crippen LogP contribution in [0.15, 0.2) is 53.3 Å². The lowest BCUT2D eigenvalue weighted by Gasteiger charge is -2.16. The Balaban J connectivity index is 1.85. The first-order valence-electron chi connectivity index (χ1n) is 6.57. The summed E-state index contributed by atoms with van der Waals surface area (Å²) >= 11 is 0. The minimum absolute atomic E-state index is 0.769. The summed E-state index contributed by atoms with van der Waals surface area (Å²) in [6.07, 6.45) is 3.50. The normalized spacial score (nSPS) is 11.3. The highest BCUT2D eigenvalue weighted by atomic mass is 16.3. The fourth-order valence-corrected chi connectivity index (χ4v) is 2.40. The van der Waals surface area contributed by atoms with E-state index in [1.54, 1.807) is 12.5 Å². The largest absolute Gasteiger partial charge is 0.468 e. The van der Waals surface area contributed by atoms with Crippen LogP contribution >= 0.6 is 0 Å². The Kier molecular flexibility index (Phi) is 3.39. The molecule has 2 heterocycles. The quantitative estimate of drug-likeness (QED) is 0.738. The Morgan fingerprint density at radius 2 is 2.05 bits per heavy atom. The summed E-state index contributed by atoms with van der Waals surface area (Å²) in [7, 11) is 2.06. The maximum atomic E-state index is 6.00. The van der Waals surface area contributed by atoms with Gasteiger partial charge < -0.3 is 10.2 Å². The molecular weight excluding hydrogens is 250 g/mol. The van der Waals surface area contributed by atoms with Gasteiger partial charge in [-0.15, -0.1) is 0 Å². The van der Waals surface area contributed by atoms with E-state index in [1.165, 1.54) is 5.56 Å². The van der Waals surface area contributed by atoms with Crippen molar-refractivity contribution in [3.8, 4) is 0 Å². The zero-order chi connectivity index (χ0) is 13.9. The van der Waals surface area contributed by atoms with Gasteiger partial charge in [-0.3, -0.25) is 9.88 Å². The van der Waals surface area contributed by atoms with E-state index in [0.29, 0.717) is 0 Å². The summed E-state index contributed by atoms with van der Waals surface area (Å²) in [6.45, 7) is 1.57. The van der Waals surface area contributed by atoms with E-state index >= 15 is 0 Å². The maximum absolute atomic E-state index is 6.00. The third-order valence-electron chi connectivity index (χ3n) is 3.33. The van der Waals surface area contributed by atoms with E-state index in [1.807, 2.05) is 36.4 Å². The summed E-state index contributed by atoms with van der Waals surface area (Å²) in [5.74, 6) is 0.959. The molecule has 20 heavy (non-hydrogen) atoms. The zero-order valence-electron chi connectivity index (χ0n) is 11.4. The van der Waals surface area contributed by atoms with Gasteiger partial charge in [0.15, 0.2) is 0 Å². The summed E-state index contributed by atoms with van der Waals surface area (Å²) in [6, 6.07) is 11.8. The van der Waals surface area contributed by atoms with Gasteiger partial charge in [-0.2, -0.15) is 0 Å². The molecule has 0 fully saturated rings. The zero-order valence-corrected chi connectivity index (χ0v) is 11.4. The Labute approximate surface area is 117 Å². The second-order valence-electron chi connectivity index (χ2n) is 4.97. The molecule has 0 aliphatic carbocycles. The van der Waals surface area contributed by atoms with E-state index in [0.717, 1.165) is 35.4 Å². The van der Waals surface area contributed by atoms with Crippen LogP contribution in [0.5, 0.6) is 0 Å². The average Bonchev–Trinajstić information content (AvgIpc) is 2.95. The topological polar surface area (TPSA) is 55.3 Å². The third kappa shape index (κ3) is 2.51. The number of nitrogens with zero attached hydrogens (tertiary/aromatic N) is 2. The highest BCUT2D eigenvalue weighted by Gasteiger charge is 2.09. The highest BCUT2D eigenvalue weighted by molar-refractivity contribution is 5.92. The minimum atomic E-state index is 0.769. The molecule has 2 aromatic heterocycles. The van der Waals surface area contributed by atoms with Crippen LogP contribution < -0.4 is 5.73 Å². The van der Waals surface area contributed by atoms with Crippen molar-refractivity contribution in [2.75, 3.05) is 12.8 Å². The molecule has 102 valence electrons. The van der Waals surface area contributed by atoms with Crippen LogP contribution in [0, 0.1) is 0 Å². The van der Waals surface area contributed by atoms with Gasteiger partial charge in [0.05, 0.1) is 18.3 Å².